The Morgan fingerprint density at radius 1 is 1.25 bits per heavy atom. The van der Waals surface area contributed by atoms with Crippen LogP contribution < -0.4 is 5.32 Å². The van der Waals surface area contributed by atoms with E-state index in [-0.39, 0.29) is 0 Å². The molecule has 0 aromatic heterocycles. The van der Waals surface area contributed by atoms with Crippen molar-refractivity contribution >= 4 is 0 Å². The van der Waals surface area contributed by atoms with Gasteiger partial charge in [0.05, 0.1) is 6.07 Å². The van der Waals surface area contributed by atoms with Gasteiger partial charge in [-0.25, -0.2) is 0 Å². The lowest BCUT2D eigenvalue weighted by atomic mass is 10.2. The van der Waals surface area contributed by atoms with E-state index in [1.807, 2.05) is 33.0 Å². The first-order valence-electron chi connectivity index (χ1n) is 3.87. The van der Waals surface area contributed by atoms with Gasteiger partial charge >= 0.3 is 0 Å². The Balaban J connectivity index is 4.35. The normalized spacial score (nSPS) is 13.2. The van der Waals surface area contributed by atoms with Gasteiger partial charge in [-0.15, -0.1) is 0 Å². The lowest BCUT2D eigenvalue weighted by Gasteiger charge is -1.96. The summed E-state index contributed by atoms with van der Waals surface area (Å²) in [5.41, 5.74) is 1.68. The Morgan fingerprint density at radius 3 is 2.25 bits per heavy atom. The van der Waals surface area contributed by atoms with E-state index in [9.17, 15) is 0 Å². The minimum Gasteiger partial charge on any atom is -0.388 e. The molecule has 0 fully saturated rings. The van der Waals surface area contributed by atoms with E-state index in [1.54, 1.807) is 12.2 Å². The van der Waals surface area contributed by atoms with Gasteiger partial charge in [0.2, 0.25) is 0 Å². The van der Waals surface area contributed by atoms with E-state index < -0.39 is 0 Å². The summed E-state index contributed by atoms with van der Waals surface area (Å²) in [5.74, 6) is 0. The largest absolute Gasteiger partial charge is 0.388 e. The summed E-state index contributed by atoms with van der Waals surface area (Å²) >= 11 is 0. The molecule has 1 N–H and O–H groups in total. The zero-order valence-corrected chi connectivity index (χ0v) is 7.76. The van der Waals surface area contributed by atoms with Gasteiger partial charge in [0.15, 0.2) is 0 Å². The Bertz CT molecular complexity index is 252. The van der Waals surface area contributed by atoms with Crippen molar-refractivity contribution in [2.75, 3.05) is 7.05 Å². The maximum atomic E-state index is 8.57. The van der Waals surface area contributed by atoms with Crippen molar-refractivity contribution in [2.45, 2.75) is 13.8 Å². The number of nitriles is 1. The summed E-state index contributed by atoms with van der Waals surface area (Å²) in [7, 11) is 1.85. The highest BCUT2D eigenvalue weighted by molar-refractivity contribution is 5.35. The number of likely N-dealkylation sites (N-methyl/N-ethyl adjacent to an activating group) is 1. The van der Waals surface area contributed by atoms with E-state index in [0.717, 1.165) is 5.70 Å². The summed E-state index contributed by atoms with van der Waals surface area (Å²) in [6.45, 7) is 3.79. The first kappa shape index (κ1) is 10.5. The van der Waals surface area contributed by atoms with Crippen LogP contribution in [0.1, 0.15) is 13.8 Å². The molecule has 0 aliphatic rings. The van der Waals surface area contributed by atoms with Crippen LogP contribution in [-0.4, -0.2) is 7.05 Å². The molecule has 0 saturated heterocycles. The third-order valence-corrected chi connectivity index (χ3v) is 1.48. The monoisotopic (exact) mass is 162 g/mol. The van der Waals surface area contributed by atoms with Gasteiger partial charge < -0.3 is 5.32 Å². The highest BCUT2D eigenvalue weighted by atomic mass is 14.8. The Hall–Kier alpha value is -1.49. The second-order valence-corrected chi connectivity index (χ2v) is 2.18. The van der Waals surface area contributed by atoms with Crippen LogP contribution in [0.3, 0.4) is 0 Å². The number of nitrogens with one attached hydrogen (secondary N) is 1. The predicted molar refractivity (Wildman–Crippen MR) is 51.3 cm³/mol. The molecule has 0 aliphatic heterocycles. The summed E-state index contributed by atoms with van der Waals surface area (Å²) in [5, 5.41) is 11.6. The van der Waals surface area contributed by atoms with Crippen LogP contribution in [0, 0.1) is 11.3 Å². The quantitative estimate of drug-likeness (QED) is 0.509. The lowest BCUT2D eigenvalue weighted by molar-refractivity contribution is 1.03. The Labute approximate surface area is 73.9 Å². The third kappa shape index (κ3) is 3.62. The molecule has 0 unspecified atom stereocenters. The molecule has 0 amide bonds. The Morgan fingerprint density at radius 2 is 1.92 bits per heavy atom. The molecule has 12 heavy (non-hydrogen) atoms. The number of allylic oxidation sites excluding steroid dienone is 5. The average molecular weight is 162 g/mol. The van der Waals surface area contributed by atoms with Crippen LogP contribution in [0.15, 0.2) is 35.6 Å². The van der Waals surface area contributed by atoms with Gasteiger partial charge in [-0.1, -0.05) is 12.2 Å². The van der Waals surface area contributed by atoms with Gasteiger partial charge in [0, 0.05) is 18.3 Å². The molecule has 2 nitrogen and oxygen atoms in total. The topological polar surface area (TPSA) is 35.8 Å². The van der Waals surface area contributed by atoms with E-state index in [0.29, 0.717) is 5.57 Å². The average Bonchev–Trinajstić information content (AvgIpc) is 2.13. The molecule has 0 bridgehead atoms. The van der Waals surface area contributed by atoms with Crippen molar-refractivity contribution in [2.24, 2.45) is 0 Å². The molecule has 0 rings (SSSR count). The van der Waals surface area contributed by atoms with Crippen molar-refractivity contribution in [1.29, 1.82) is 5.26 Å². The molecular formula is C10H14N2. The molecule has 0 aromatic rings. The van der Waals surface area contributed by atoms with Gasteiger partial charge in [0.25, 0.3) is 0 Å². The maximum absolute atomic E-state index is 8.57. The summed E-state index contributed by atoms with van der Waals surface area (Å²) < 4.78 is 0. The molecule has 0 atom stereocenters. The molecule has 0 aliphatic carbocycles. The van der Waals surface area contributed by atoms with Crippen molar-refractivity contribution in [3.05, 3.63) is 35.6 Å². The van der Waals surface area contributed by atoms with Gasteiger partial charge in [-0.3, -0.25) is 0 Å². The van der Waals surface area contributed by atoms with Crippen LogP contribution in [0.2, 0.25) is 0 Å². The van der Waals surface area contributed by atoms with Crippen molar-refractivity contribution in [3.8, 4) is 6.07 Å². The molecule has 0 spiro atoms. The molecule has 0 heterocycles. The van der Waals surface area contributed by atoms with Gasteiger partial charge in [0.1, 0.15) is 0 Å². The van der Waals surface area contributed by atoms with Crippen molar-refractivity contribution in [1.82, 2.24) is 5.32 Å². The van der Waals surface area contributed by atoms with Crippen LogP contribution in [0.5, 0.6) is 0 Å². The van der Waals surface area contributed by atoms with E-state index in [2.05, 4.69) is 11.4 Å². The number of nitrogens with zero attached hydrogens (tertiary/aromatic N) is 1. The summed E-state index contributed by atoms with van der Waals surface area (Å²) in [6.07, 6.45) is 7.38. The van der Waals surface area contributed by atoms with E-state index in [4.69, 9.17) is 5.26 Å². The fourth-order valence-electron chi connectivity index (χ4n) is 0.701. The zero-order chi connectivity index (χ0) is 9.40. The summed E-state index contributed by atoms with van der Waals surface area (Å²) in [6, 6.07) is 2.07. The second kappa shape index (κ2) is 6.23. The highest BCUT2D eigenvalue weighted by Crippen LogP contribution is 1.97. The van der Waals surface area contributed by atoms with Crippen molar-refractivity contribution < 1.29 is 0 Å². The number of hydrogen-bond acceptors (Lipinski definition) is 2. The van der Waals surface area contributed by atoms with Crippen LogP contribution >= 0.6 is 0 Å². The molecule has 64 valence electrons. The molecule has 0 radical (unpaired) electrons. The zero-order valence-electron chi connectivity index (χ0n) is 7.76. The van der Waals surface area contributed by atoms with Gasteiger partial charge in [-0.2, -0.15) is 5.26 Å². The van der Waals surface area contributed by atoms with Crippen LogP contribution in [0.25, 0.3) is 0 Å². The SMILES string of the molecule is C/C=C(C#N)/C=C\C(=C/C)NC. The number of rotatable bonds is 3. The van der Waals surface area contributed by atoms with Crippen molar-refractivity contribution in [3.63, 3.8) is 0 Å². The molecule has 2 heteroatoms. The molecule has 0 aromatic carbocycles. The third-order valence-electron chi connectivity index (χ3n) is 1.48. The fraction of sp³-hybridized carbons (Fsp3) is 0.300. The predicted octanol–water partition coefficient (Wildman–Crippen LogP) is 2.14. The van der Waals surface area contributed by atoms with Gasteiger partial charge in [-0.05, 0) is 26.0 Å². The van der Waals surface area contributed by atoms with E-state index >= 15 is 0 Å². The fourth-order valence-corrected chi connectivity index (χ4v) is 0.701. The van der Waals surface area contributed by atoms with E-state index in [1.165, 1.54) is 0 Å². The number of hydrogen-bond donors (Lipinski definition) is 1. The lowest BCUT2D eigenvalue weighted by Crippen LogP contribution is -2.01. The molecule has 0 saturated carbocycles. The Kier molecular flexibility index (Phi) is 5.46. The van der Waals surface area contributed by atoms with Crippen LogP contribution in [0.4, 0.5) is 0 Å². The highest BCUT2D eigenvalue weighted by Gasteiger charge is 1.86. The first-order chi connectivity index (χ1) is 5.78. The minimum atomic E-state index is 0.671. The molecular weight excluding hydrogens is 148 g/mol. The van der Waals surface area contributed by atoms with Crippen LogP contribution in [-0.2, 0) is 0 Å². The smallest absolute Gasteiger partial charge is 0.0988 e. The second-order valence-electron chi connectivity index (χ2n) is 2.18. The summed E-state index contributed by atoms with van der Waals surface area (Å²) in [4.78, 5) is 0. The minimum absolute atomic E-state index is 0.671. The first-order valence-corrected chi connectivity index (χ1v) is 3.87. The maximum Gasteiger partial charge on any atom is 0.0988 e. The standard InChI is InChI=1S/C10H14N2/c1-4-9(8-11)6-7-10(5-2)12-3/h4-7,12H,1-3H3/b7-6-,9-4-,10-5+.